The Morgan fingerprint density at radius 2 is 1.68 bits per heavy atom. The predicted molar refractivity (Wildman–Crippen MR) is 97.5 cm³/mol. The van der Waals surface area contributed by atoms with Crippen LogP contribution in [0.2, 0.25) is 0 Å². The summed E-state index contributed by atoms with van der Waals surface area (Å²) in [4.78, 5) is 37.1. The molecule has 0 radical (unpaired) electrons. The maximum absolute atomic E-state index is 12.8. The molecule has 2 aliphatic carbocycles. The normalized spacial score (nSPS) is 19.9. The lowest BCUT2D eigenvalue weighted by Gasteiger charge is -2.36. The summed E-state index contributed by atoms with van der Waals surface area (Å²) in [5.41, 5.74) is 1.44. The minimum absolute atomic E-state index is 0.0132. The molecule has 0 fully saturated rings. The average Bonchev–Trinajstić information content (AvgIpc) is 2.67. The fraction of sp³-hybridized carbons (Fsp3) is 0.409. The van der Waals surface area contributed by atoms with Gasteiger partial charge in [-0.2, -0.15) is 0 Å². The van der Waals surface area contributed by atoms with Gasteiger partial charge in [0, 0.05) is 42.4 Å². The molecule has 146 valence electrons. The van der Waals surface area contributed by atoms with Crippen LogP contribution in [-0.4, -0.2) is 24.1 Å². The van der Waals surface area contributed by atoms with Crippen LogP contribution in [0, 0.1) is 0 Å². The Morgan fingerprint density at radius 3 is 2.21 bits per heavy atom. The van der Waals surface area contributed by atoms with Gasteiger partial charge in [0.2, 0.25) is 0 Å². The van der Waals surface area contributed by atoms with Gasteiger partial charge in [-0.3, -0.25) is 9.59 Å². The van der Waals surface area contributed by atoms with Crippen LogP contribution in [0.15, 0.2) is 40.9 Å². The molecule has 0 aromatic heterocycles. The Morgan fingerprint density at radius 1 is 1.07 bits per heavy atom. The van der Waals surface area contributed by atoms with E-state index in [-0.39, 0.29) is 17.1 Å². The smallest absolute Gasteiger partial charge is 0.163 e. The van der Waals surface area contributed by atoms with Gasteiger partial charge in [-0.25, -0.2) is 0 Å². The molecule has 4 rings (SSSR count). The number of carbonyl (C=O) groups excluding carboxylic acids is 3. The van der Waals surface area contributed by atoms with Crippen molar-refractivity contribution >= 4 is 17.5 Å². The fourth-order valence-corrected chi connectivity index (χ4v) is 4.32. The monoisotopic (exact) mass is 381 g/mol. The lowest BCUT2D eigenvalue weighted by Crippen LogP contribution is -2.31. The molecule has 0 saturated heterocycles. The van der Waals surface area contributed by atoms with Crippen LogP contribution < -0.4 is 9.84 Å². The molecule has 3 aliphatic rings. The lowest BCUT2D eigenvalue weighted by atomic mass is 9.72. The van der Waals surface area contributed by atoms with Crippen molar-refractivity contribution in [1.29, 1.82) is 0 Å². The standard InChI is InChI=1S/C22H22O6/c1-2-27-16-10-9-12(22(25)26)11-13(16)19-20-14(23)5-3-7-17(20)28-18-8-4-6-15(24)21(18)19/h9-11,19H,2-8H2,1H3,(H,25,26)/p-1. The SMILES string of the molecule is CCOc1ccc(C(=O)[O-])cc1C1C2=C(CCCC2=O)OC2=C1C(=O)CCC2. The first kappa shape index (κ1) is 18.5. The second-order valence-electron chi connectivity index (χ2n) is 7.24. The summed E-state index contributed by atoms with van der Waals surface area (Å²) in [7, 11) is 0. The third-order valence-corrected chi connectivity index (χ3v) is 5.50. The molecule has 1 aromatic carbocycles. The van der Waals surface area contributed by atoms with Crippen molar-refractivity contribution in [3.05, 3.63) is 52.0 Å². The van der Waals surface area contributed by atoms with Gasteiger partial charge in [-0.1, -0.05) is 0 Å². The number of carbonyl (C=O) groups is 3. The Labute approximate surface area is 162 Å². The third kappa shape index (κ3) is 3.03. The van der Waals surface area contributed by atoms with Gasteiger partial charge >= 0.3 is 0 Å². The topological polar surface area (TPSA) is 92.7 Å². The quantitative estimate of drug-likeness (QED) is 0.796. The van der Waals surface area contributed by atoms with Crippen LogP contribution in [0.5, 0.6) is 5.75 Å². The summed E-state index contributed by atoms with van der Waals surface area (Å²) >= 11 is 0. The summed E-state index contributed by atoms with van der Waals surface area (Å²) in [5, 5.41) is 11.5. The van der Waals surface area contributed by atoms with E-state index in [1.807, 2.05) is 6.92 Å². The van der Waals surface area contributed by atoms with Crippen LogP contribution >= 0.6 is 0 Å². The van der Waals surface area contributed by atoms with Crippen LogP contribution in [-0.2, 0) is 14.3 Å². The van der Waals surface area contributed by atoms with Gasteiger partial charge < -0.3 is 19.4 Å². The molecule has 0 unspecified atom stereocenters. The fourth-order valence-electron chi connectivity index (χ4n) is 4.32. The highest BCUT2D eigenvalue weighted by molar-refractivity contribution is 6.06. The number of rotatable bonds is 4. The average molecular weight is 381 g/mol. The van der Waals surface area contributed by atoms with E-state index < -0.39 is 11.9 Å². The number of carboxylic acid groups (broad SMARTS) is 1. The molecule has 0 spiro atoms. The number of allylic oxidation sites excluding steroid dienone is 4. The Kier molecular flexibility index (Phi) is 4.79. The van der Waals surface area contributed by atoms with Gasteiger partial charge in [0.15, 0.2) is 11.6 Å². The molecular formula is C22H21O6-. The van der Waals surface area contributed by atoms with E-state index in [9.17, 15) is 19.5 Å². The zero-order valence-electron chi connectivity index (χ0n) is 15.7. The molecule has 1 aliphatic heterocycles. The minimum atomic E-state index is -1.32. The van der Waals surface area contributed by atoms with Crippen LogP contribution in [0.1, 0.15) is 67.3 Å². The van der Waals surface area contributed by atoms with Crippen molar-refractivity contribution in [1.82, 2.24) is 0 Å². The van der Waals surface area contributed by atoms with Crippen molar-refractivity contribution in [2.45, 2.75) is 51.4 Å². The zero-order valence-corrected chi connectivity index (χ0v) is 15.7. The maximum Gasteiger partial charge on any atom is 0.163 e. The van der Waals surface area contributed by atoms with E-state index >= 15 is 0 Å². The summed E-state index contributed by atoms with van der Waals surface area (Å²) in [5.74, 6) is -0.401. The van der Waals surface area contributed by atoms with Crippen molar-refractivity contribution in [3.63, 3.8) is 0 Å². The highest BCUT2D eigenvalue weighted by Crippen LogP contribution is 2.49. The van der Waals surface area contributed by atoms with Crippen molar-refractivity contribution in [3.8, 4) is 5.75 Å². The highest BCUT2D eigenvalue weighted by atomic mass is 16.5. The molecule has 1 heterocycles. The van der Waals surface area contributed by atoms with Crippen LogP contribution in [0.25, 0.3) is 0 Å². The maximum atomic E-state index is 12.8. The number of ketones is 2. The highest BCUT2D eigenvalue weighted by Gasteiger charge is 2.42. The first-order chi connectivity index (χ1) is 13.5. The van der Waals surface area contributed by atoms with E-state index in [0.717, 1.165) is 0 Å². The molecule has 0 saturated carbocycles. The summed E-state index contributed by atoms with van der Waals surface area (Å²) in [6, 6.07) is 4.45. The van der Waals surface area contributed by atoms with Gasteiger partial charge in [0.1, 0.15) is 17.3 Å². The predicted octanol–water partition coefficient (Wildman–Crippen LogP) is 2.58. The number of Topliss-reactive ketones (excluding diaryl/α,β-unsaturated/α-hetero) is 2. The number of hydrogen-bond acceptors (Lipinski definition) is 6. The van der Waals surface area contributed by atoms with Crippen LogP contribution in [0.4, 0.5) is 0 Å². The van der Waals surface area contributed by atoms with E-state index in [1.54, 1.807) is 6.07 Å². The molecule has 28 heavy (non-hydrogen) atoms. The second-order valence-corrected chi connectivity index (χ2v) is 7.24. The van der Waals surface area contributed by atoms with Crippen molar-refractivity contribution in [2.24, 2.45) is 0 Å². The molecule has 0 amide bonds. The van der Waals surface area contributed by atoms with Crippen LogP contribution in [0.3, 0.4) is 0 Å². The second kappa shape index (κ2) is 7.26. The third-order valence-electron chi connectivity index (χ3n) is 5.50. The Balaban J connectivity index is 1.96. The van der Waals surface area contributed by atoms with Gasteiger partial charge in [-0.05, 0) is 43.5 Å². The summed E-state index contributed by atoms with van der Waals surface area (Å²) < 4.78 is 11.7. The summed E-state index contributed by atoms with van der Waals surface area (Å²) in [6.07, 6.45) is 3.45. The molecule has 1 aromatic rings. The first-order valence-corrected chi connectivity index (χ1v) is 9.69. The van der Waals surface area contributed by atoms with Gasteiger partial charge in [0.25, 0.3) is 0 Å². The Hall–Kier alpha value is -2.89. The number of benzene rings is 1. The molecular weight excluding hydrogens is 360 g/mol. The number of carboxylic acids is 1. The first-order valence-electron chi connectivity index (χ1n) is 9.69. The minimum Gasteiger partial charge on any atom is -0.545 e. The van der Waals surface area contributed by atoms with Crippen molar-refractivity contribution < 1.29 is 29.0 Å². The molecule has 0 atom stereocenters. The van der Waals surface area contributed by atoms with Gasteiger partial charge in [-0.15, -0.1) is 0 Å². The molecule has 0 N–H and O–H groups in total. The number of hydrogen-bond donors (Lipinski definition) is 0. The van der Waals surface area contributed by atoms with E-state index in [4.69, 9.17) is 9.47 Å². The Bertz CT molecular complexity index is 894. The lowest BCUT2D eigenvalue weighted by molar-refractivity contribution is -0.255. The van der Waals surface area contributed by atoms with Crippen molar-refractivity contribution in [2.75, 3.05) is 6.61 Å². The van der Waals surface area contributed by atoms with E-state index in [1.165, 1.54) is 12.1 Å². The van der Waals surface area contributed by atoms with E-state index in [2.05, 4.69) is 0 Å². The molecule has 6 nitrogen and oxygen atoms in total. The largest absolute Gasteiger partial charge is 0.545 e. The zero-order chi connectivity index (χ0) is 19.8. The number of aromatic carboxylic acids is 1. The molecule has 6 heteroatoms. The van der Waals surface area contributed by atoms with E-state index in [0.29, 0.717) is 79.1 Å². The molecule has 0 bridgehead atoms. The summed E-state index contributed by atoms with van der Waals surface area (Å²) in [6.45, 7) is 2.20. The number of ether oxygens (including phenoxy) is 2. The van der Waals surface area contributed by atoms with Gasteiger partial charge in [0.05, 0.1) is 18.5 Å².